The van der Waals surface area contributed by atoms with Crippen molar-refractivity contribution >= 4 is 17.5 Å². The van der Waals surface area contributed by atoms with Gasteiger partial charge in [0.15, 0.2) is 5.78 Å². The molecular formula is C23H25NO3. The lowest BCUT2D eigenvalue weighted by atomic mass is 9.86. The number of carbonyl (C=O) groups is 3. The number of amides is 1. The molecule has 0 spiro atoms. The fourth-order valence-electron chi connectivity index (χ4n) is 4.07. The molecule has 27 heavy (non-hydrogen) atoms. The highest BCUT2D eigenvalue weighted by atomic mass is 16.2. The molecular weight excluding hydrogens is 338 g/mol. The SMILES string of the molecule is Cc1cc(C)c(C2C(=O)CC(CC(=O)NCc3ccccc3)C2=O)c(C)c1. The average molecular weight is 363 g/mol. The zero-order valence-electron chi connectivity index (χ0n) is 16.0. The van der Waals surface area contributed by atoms with E-state index in [2.05, 4.69) is 5.32 Å². The predicted molar refractivity (Wildman–Crippen MR) is 104 cm³/mol. The van der Waals surface area contributed by atoms with Crippen molar-refractivity contribution in [2.24, 2.45) is 5.92 Å². The van der Waals surface area contributed by atoms with Crippen molar-refractivity contribution in [3.05, 3.63) is 70.3 Å². The number of nitrogens with one attached hydrogen (secondary N) is 1. The molecule has 1 amide bonds. The summed E-state index contributed by atoms with van der Waals surface area (Å²) in [6.45, 7) is 6.31. The molecule has 0 heterocycles. The summed E-state index contributed by atoms with van der Waals surface area (Å²) in [5.41, 5.74) is 4.87. The molecule has 0 aromatic heterocycles. The van der Waals surface area contributed by atoms with E-state index >= 15 is 0 Å². The maximum absolute atomic E-state index is 12.9. The summed E-state index contributed by atoms with van der Waals surface area (Å²) in [7, 11) is 0. The minimum Gasteiger partial charge on any atom is -0.352 e. The lowest BCUT2D eigenvalue weighted by Crippen LogP contribution is -2.27. The quantitative estimate of drug-likeness (QED) is 0.826. The summed E-state index contributed by atoms with van der Waals surface area (Å²) >= 11 is 0. The van der Waals surface area contributed by atoms with Crippen LogP contribution >= 0.6 is 0 Å². The van der Waals surface area contributed by atoms with E-state index < -0.39 is 11.8 Å². The van der Waals surface area contributed by atoms with Gasteiger partial charge in [-0.25, -0.2) is 0 Å². The van der Waals surface area contributed by atoms with Crippen molar-refractivity contribution < 1.29 is 14.4 Å². The van der Waals surface area contributed by atoms with Gasteiger partial charge >= 0.3 is 0 Å². The van der Waals surface area contributed by atoms with Gasteiger partial charge in [0.25, 0.3) is 0 Å². The zero-order valence-corrected chi connectivity index (χ0v) is 16.0. The monoisotopic (exact) mass is 363 g/mol. The highest BCUT2D eigenvalue weighted by Crippen LogP contribution is 2.37. The van der Waals surface area contributed by atoms with Gasteiger partial charge < -0.3 is 5.32 Å². The highest BCUT2D eigenvalue weighted by molar-refractivity contribution is 6.15. The van der Waals surface area contributed by atoms with E-state index in [1.165, 1.54) is 0 Å². The fourth-order valence-corrected chi connectivity index (χ4v) is 4.07. The second kappa shape index (κ2) is 7.87. The Balaban J connectivity index is 1.68. The van der Waals surface area contributed by atoms with E-state index in [-0.39, 0.29) is 30.3 Å². The zero-order chi connectivity index (χ0) is 19.6. The van der Waals surface area contributed by atoms with Crippen molar-refractivity contribution in [3.8, 4) is 0 Å². The summed E-state index contributed by atoms with van der Waals surface area (Å²) in [6, 6.07) is 13.6. The van der Waals surface area contributed by atoms with Crippen LogP contribution < -0.4 is 5.32 Å². The largest absolute Gasteiger partial charge is 0.352 e. The van der Waals surface area contributed by atoms with Crippen LogP contribution in [0.15, 0.2) is 42.5 Å². The van der Waals surface area contributed by atoms with Gasteiger partial charge in [-0.15, -0.1) is 0 Å². The number of hydrogen-bond acceptors (Lipinski definition) is 3. The Kier molecular flexibility index (Phi) is 5.54. The van der Waals surface area contributed by atoms with E-state index in [0.717, 1.165) is 27.8 Å². The maximum Gasteiger partial charge on any atom is 0.221 e. The molecule has 0 bridgehead atoms. The van der Waals surface area contributed by atoms with E-state index in [9.17, 15) is 14.4 Å². The van der Waals surface area contributed by atoms with Gasteiger partial charge in [0.2, 0.25) is 5.91 Å². The summed E-state index contributed by atoms with van der Waals surface area (Å²) in [5.74, 6) is -1.64. The molecule has 2 aromatic rings. The third-order valence-electron chi connectivity index (χ3n) is 5.25. The molecule has 4 nitrogen and oxygen atoms in total. The van der Waals surface area contributed by atoms with Crippen LogP contribution in [0.25, 0.3) is 0 Å². The molecule has 1 N–H and O–H groups in total. The molecule has 1 aliphatic rings. The Hall–Kier alpha value is -2.75. The molecule has 3 rings (SSSR count). The third-order valence-corrected chi connectivity index (χ3v) is 5.25. The topological polar surface area (TPSA) is 63.2 Å². The standard InChI is InChI=1S/C23H25NO3/c1-14-9-15(2)21(16(3)10-14)22-19(25)11-18(23(22)27)12-20(26)24-13-17-7-5-4-6-8-17/h4-10,18,22H,11-13H2,1-3H3,(H,24,26). The van der Waals surface area contributed by atoms with Crippen molar-refractivity contribution in [2.75, 3.05) is 0 Å². The van der Waals surface area contributed by atoms with E-state index in [1.54, 1.807) is 0 Å². The second-order valence-corrected chi connectivity index (χ2v) is 7.48. The highest BCUT2D eigenvalue weighted by Gasteiger charge is 2.43. The number of benzene rings is 2. The minimum atomic E-state index is -0.725. The Morgan fingerprint density at radius 1 is 1.04 bits per heavy atom. The van der Waals surface area contributed by atoms with Crippen molar-refractivity contribution in [2.45, 2.75) is 46.1 Å². The fraction of sp³-hybridized carbons (Fsp3) is 0.348. The first-order chi connectivity index (χ1) is 12.9. The Morgan fingerprint density at radius 3 is 2.30 bits per heavy atom. The van der Waals surface area contributed by atoms with Crippen molar-refractivity contribution in [1.29, 1.82) is 0 Å². The van der Waals surface area contributed by atoms with Crippen LogP contribution in [-0.2, 0) is 20.9 Å². The van der Waals surface area contributed by atoms with Crippen molar-refractivity contribution in [3.63, 3.8) is 0 Å². The van der Waals surface area contributed by atoms with Gasteiger partial charge in [-0.1, -0.05) is 48.0 Å². The summed E-state index contributed by atoms with van der Waals surface area (Å²) in [5, 5.41) is 2.84. The first-order valence-electron chi connectivity index (χ1n) is 9.31. The normalized spacial score (nSPS) is 19.4. The van der Waals surface area contributed by atoms with E-state index in [1.807, 2.05) is 63.2 Å². The van der Waals surface area contributed by atoms with Gasteiger partial charge in [-0.3, -0.25) is 14.4 Å². The molecule has 2 atom stereocenters. The molecule has 4 heteroatoms. The summed E-state index contributed by atoms with van der Waals surface area (Å²) in [6.07, 6.45) is 0.215. The lowest BCUT2D eigenvalue weighted by Gasteiger charge is -2.16. The molecule has 1 aliphatic carbocycles. The minimum absolute atomic E-state index is 0.0673. The predicted octanol–water partition coefficient (Wildman–Crippen LogP) is 3.56. The van der Waals surface area contributed by atoms with Crippen LogP contribution in [0.4, 0.5) is 0 Å². The van der Waals surface area contributed by atoms with Gasteiger partial charge in [0, 0.05) is 25.3 Å². The first-order valence-corrected chi connectivity index (χ1v) is 9.31. The molecule has 0 aliphatic heterocycles. The second-order valence-electron chi connectivity index (χ2n) is 7.48. The van der Waals surface area contributed by atoms with Crippen LogP contribution in [0.1, 0.15) is 46.6 Å². The number of hydrogen-bond donors (Lipinski definition) is 1. The molecule has 2 aromatic carbocycles. The van der Waals surface area contributed by atoms with Gasteiger partial charge in [-0.05, 0) is 43.0 Å². The first kappa shape index (κ1) is 19.0. The van der Waals surface area contributed by atoms with E-state index in [4.69, 9.17) is 0 Å². The van der Waals surface area contributed by atoms with Gasteiger partial charge in [0.1, 0.15) is 11.7 Å². The van der Waals surface area contributed by atoms with Gasteiger partial charge in [0.05, 0.1) is 0 Å². The summed E-state index contributed by atoms with van der Waals surface area (Å²) < 4.78 is 0. The number of carbonyl (C=O) groups excluding carboxylic acids is 3. The Morgan fingerprint density at radius 2 is 1.67 bits per heavy atom. The van der Waals surface area contributed by atoms with Crippen LogP contribution in [0, 0.1) is 26.7 Å². The number of aryl methyl sites for hydroxylation is 3. The average Bonchev–Trinajstić information content (AvgIpc) is 2.88. The van der Waals surface area contributed by atoms with Crippen LogP contribution in [-0.4, -0.2) is 17.5 Å². The van der Waals surface area contributed by atoms with Crippen LogP contribution in [0.2, 0.25) is 0 Å². The van der Waals surface area contributed by atoms with Crippen LogP contribution in [0.5, 0.6) is 0 Å². The molecule has 0 saturated heterocycles. The van der Waals surface area contributed by atoms with E-state index in [0.29, 0.717) is 6.54 Å². The Bertz CT molecular complexity index is 863. The number of rotatable bonds is 5. The third kappa shape index (κ3) is 4.16. The van der Waals surface area contributed by atoms with Crippen molar-refractivity contribution in [1.82, 2.24) is 5.32 Å². The molecule has 2 unspecified atom stereocenters. The lowest BCUT2D eigenvalue weighted by molar-refractivity contribution is -0.128. The molecule has 140 valence electrons. The number of Topliss-reactive ketones (excluding diaryl/α,β-unsaturated/α-hetero) is 2. The van der Waals surface area contributed by atoms with Gasteiger partial charge in [-0.2, -0.15) is 0 Å². The smallest absolute Gasteiger partial charge is 0.221 e. The Labute approximate surface area is 160 Å². The molecule has 1 saturated carbocycles. The number of ketones is 2. The molecule has 1 fully saturated rings. The maximum atomic E-state index is 12.9. The summed E-state index contributed by atoms with van der Waals surface area (Å²) in [4.78, 5) is 37.8. The van der Waals surface area contributed by atoms with Crippen LogP contribution in [0.3, 0.4) is 0 Å². The molecule has 0 radical (unpaired) electrons.